The van der Waals surface area contributed by atoms with Gasteiger partial charge in [0.15, 0.2) is 0 Å². The third kappa shape index (κ3) is 12.9. The van der Waals surface area contributed by atoms with E-state index in [1.165, 1.54) is 12.1 Å². The number of alkyl halides is 3. The standard InChI is InChI=1S/C44H55F3N4O7.Al.FH/c1-32-33(13-10-14-37(32)34-11-4-2-5-12-34)16-17-35-28-40(36(27-38(35)44(45,46)47)29-51-19-8-6-15-39(51)43(56)57)58-26-9-3-7-18-48-20-22-49(30-41(52)53)24-25-50(23-21-48)31-42(54)55;;/h2,4-5,10-14,16-17,27-28,39H,3,6-9,15,18-26,29-31H2,1H3,(H,52,53)(H,54,55)(H,56,57);;1H/q;+3;/p-3/b17-16+;;/t39-;;/m0../s1. The number of halogens is 4. The summed E-state index contributed by atoms with van der Waals surface area (Å²) in [6.07, 6.45) is 2.58. The van der Waals surface area contributed by atoms with Crippen LogP contribution in [-0.2, 0) is 34.7 Å². The minimum atomic E-state index is -4.68. The van der Waals surface area contributed by atoms with Gasteiger partial charge in [0.1, 0.15) is 11.8 Å². The Bertz CT molecular complexity index is 1940. The lowest BCUT2D eigenvalue weighted by Gasteiger charge is -2.33. The van der Waals surface area contributed by atoms with Gasteiger partial charge in [0.25, 0.3) is 11.9 Å². The van der Waals surface area contributed by atoms with Crippen LogP contribution in [0.25, 0.3) is 23.3 Å². The molecule has 0 saturated carbocycles. The van der Waals surface area contributed by atoms with Gasteiger partial charge >= 0.3 is 27.4 Å². The number of fused-ring (bicyclic) bond motifs is 3. The van der Waals surface area contributed by atoms with Crippen molar-refractivity contribution in [3.8, 4) is 16.9 Å². The van der Waals surface area contributed by atoms with Gasteiger partial charge in [-0.15, -0.1) is 0 Å². The van der Waals surface area contributed by atoms with Gasteiger partial charge in [-0.3, -0.25) is 29.1 Å². The molecule has 0 spiro atoms. The number of benzene rings is 3. The van der Waals surface area contributed by atoms with E-state index < -0.39 is 51.0 Å². The van der Waals surface area contributed by atoms with Crippen molar-refractivity contribution in [2.24, 2.45) is 0 Å². The van der Waals surface area contributed by atoms with Gasteiger partial charge in [-0.2, -0.15) is 13.2 Å². The summed E-state index contributed by atoms with van der Waals surface area (Å²) in [5.74, 6) is -2.20. The fourth-order valence-corrected chi connectivity index (χ4v) is 8.71. The first-order valence-corrected chi connectivity index (χ1v) is 22.1. The second-order valence-electron chi connectivity index (χ2n) is 15.6. The Labute approximate surface area is 354 Å². The molecule has 3 atom stereocenters. The minimum Gasteiger partial charge on any atom is -0.558 e. The number of unbranched alkanes of at least 4 members (excludes halogenated alkanes) is 2. The van der Waals surface area contributed by atoms with Gasteiger partial charge in [-0.1, -0.05) is 67.1 Å². The molecule has 2 unspecified atom stereocenters. The third-order valence-corrected chi connectivity index (χ3v) is 12.3. The van der Waals surface area contributed by atoms with E-state index >= 15 is 0 Å². The van der Waals surface area contributed by atoms with Gasteiger partial charge < -0.3 is 25.8 Å². The smallest absolute Gasteiger partial charge is 0.558 e. The zero-order valence-electron chi connectivity index (χ0n) is 34.0. The van der Waals surface area contributed by atoms with Crippen LogP contribution in [0.15, 0.2) is 60.7 Å². The zero-order chi connectivity index (χ0) is 42.6. The number of ether oxygens (including phenoxy) is 1. The number of rotatable bonds is 13. The average molecular weight is 853 g/mol. The molecule has 11 nitrogen and oxygen atoms in total. The molecule has 1 N–H and O–H groups in total. The van der Waals surface area contributed by atoms with Crippen molar-refractivity contribution < 1.29 is 48.5 Å². The maximum atomic E-state index is 14.8. The predicted molar refractivity (Wildman–Crippen MR) is 220 cm³/mol. The summed E-state index contributed by atoms with van der Waals surface area (Å²) >= 11 is -3.88. The van der Waals surface area contributed by atoms with E-state index in [2.05, 4.69) is 4.90 Å². The van der Waals surface area contributed by atoms with Crippen LogP contribution in [-0.4, -0.2) is 136 Å². The van der Waals surface area contributed by atoms with E-state index in [4.69, 9.17) is 12.3 Å². The van der Waals surface area contributed by atoms with Crippen molar-refractivity contribution in [2.45, 2.75) is 64.2 Å². The maximum Gasteiger partial charge on any atom is 1.15 e. The number of carbonyl (C=O) groups excluding carboxylic acids is 2. The molecular formula is C44H53AlF4N4O7. The number of carboxylic acid groups (broad SMARTS) is 1. The molecule has 3 aromatic carbocycles. The number of carbonyl (C=O) groups is 3. The van der Waals surface area contributed by atoms with Gasteiger partial charge in [-0.05, 0) is 92.1 Å². The van der Waals surface area contributed by atoms with Gasteiger partial charge in [0.2, 0.25) is 0 Å². The predicted octanol–water partition coefficient (Wildman–Crippen LogP) is 6.81. The lowest BCUT2D eigenvalue weighted by molar-refractivity contribution is -0.145. The Kier molecular flexibility index (Phi) is 16.2. The monoisotopic (exact) mass is 852 g/mol. The summed E-state index contributed by atoms with van der Waals surface area (Å²) in [4.78, 5) is 44.5. The molecule has 0 aliphatic carbocycles. The number of piperidine rings is 1. The number of hydrogen-bond donors (Lipinski definition) is 1. The minimum absolute atomic E-state index is 0.00629. The van der Waals surface area contributed by atoms with Crippen LogP contribution in [0.3, 0.4) is 0 Å². The Morgan fingerprint density at radius 1 is 0.850 bits per heavy atom. The highest BCUT2D eigenvalue weighted by Crippen LogP contribution is 2.38. The molecule has 3 aromatic rings. The first kappa shape index (κ1) is 45.2. The Morgan fingerprint density at radius 2 is 1.52 bits per heavy atom. The van der Waals surface area contributed by atoms with Crippen LogP contribution < -0.4 is 4.74 Å². The molecule has 6 rings (SSSR count). The molecule has 0 radical (unpaired) electrons. The van der Waals surface area contributed by atoms with Crippen LogP contribution >= 0.6 is 0 Å². The van der Waals surface area contributed by atoms with Gasteiger partial charge in [-0.25, -0.2) is 0 Å². The summed E-state index contributed by atoms with van der Waals surface area (Å²) in [6, 6.07) is 17.3. The quantitative estimate of drug-likeness (QED) is 0.0848. The van der Waals surface area contributed by atoms with Crippen molar-refractivity contribution in [1.29, 1.82) is 0 Å². The highest BCUT2D eigenvalue weighted by molar-refractivity contribution is 6.41. The second-order valence-corrected chi connectivity index (χ2v) is 16.7. The first-order chi connectivity index (χ1) is 28.8. The molecule has 3 aliphatic rings. The molecule has 3 saturated heterocycles. The van der Waals surface area contributed by atoms with Crippen LogP contribution in [0.1, 0.15) is 66.3 Å². The van der Waals surface area contributed by atoms with Crippen molar-refractivity contribution in [3.63, 3.8) is 0 Å². The molecular weight excluding hydrogens is 799 g/mol. The average Bonchev–Trinajstić information content (AvgIpc) is 3.28. The highest BCUT2D eigenvalue weighted by Gasteiger charge is 2.43. The Morgan fingerprint density at radius 3 is 2.18 bits per heavy atom. The van der Waals surface area contributed by atoms with Crippen molar-refractivity contribution in [1.82, 2.24) is 19.6 Å². The first-order valence-electron chi connectivity index (χ1n) is 20.7. The topological polar surface area (TPSA) is 112 Å². The molecule has 0 aromatic heterocycles. The number of aliphatic carboxylic acids is 1. The van der Waals surface area contributed by atoms with Crippen molar-refractivity contribution in [3.05, 3.63) is 88.5 Å². The normalized spacial score (nSPS) is 21.4. The molecule has 60 heavy (non-hydrogen) atoms. The summed E-state index contributed by atoms with van der Waals surface area (Å²) < 4.78 is 74.2. The third-order valence-electron chi connectivity index (χ3n) is 11.4. The van der Waals surface area contributed by atoms with E-state index in [0.29, 0.717) is 64.4 Å². The molecule has 3 fully saturated rings. The van der Waals surface area contributed by atoms with E-state index in [1.54, 1.807) is 11.0 Å². The van der Waals surface area contributed by atoms with Crippen molar-refractivity contribution >= 4 is 45.3 Å². The molecule has 322 valence electrons. The molecule has 0 amide bonds. The van der Waals surface area contributed by atoms with Crippen LogP contribution in [0.5, 0.6) is 5.75 Å². The van der Waals surface area contributed by atoms with Gasteiger partial charge in [0.05, 0.1) is 25.3 Å². The summed E-state index contributed by atoms with van der Waals surface area (Å²) in [5, 5.41) is 9.94. The Hall–Kier alpha value is -4.30. The van der Waals surface area contributed by atoms with Crippen molar-refractivity contribution in [2.75, 3.05) is 72.1 Å². The molecule has 2 bridgehead atoms. The molecule has 3 aliphatic heterocycles. The zero-order valence-corrected chi connectivity index (χ0v) is 35.2. The number of carboxylic acids is 1. The lowest BCUT2D eigenvalue weighted by atomic mass is 9.95. The highest BCUT2D eigenvalue weighted by atomic mass is 27.3. The maximum absolute atomic E-state index is 14.8. The van der Waals surface area contributed by atoms with E-state index in [-0.39, 0.29) is 37.4 Å². The van der Waals surface area contributed by atoms with Crippen LogP contribution in [0.2, 0.25) is 0 Å². The lowest BCUT2D eigenvalue weighted by Crippen LogP contribution is -2.44. The summed E-state index contributed by atoms with van der Waals surface area (Å²) in [7, 11) is 0. The van der Waals surface area contributed by atoms with Crippen LogP contribution in [0.4, 0.5) is 16.7 Å². The largest absolute Gasteiger partial charge is 1.15 e. The fraction of sp³-hybridized carbons (Fsp3) is 0.477. The number of nitrogens with zero attached hydrogens (tertiary/aromatic N) is 4. The van der Waals surface area contributed by atoms with Gasteiger partial charge in [0, 0.05) is 51.4 Å². The molecule has 3 heterocycles. The Balaban J connectivity index is 1.15. The van der Waals surface area contributed by atoms with E-state index in [9.17, 15) is 36.2 Å². The SMILES string of the molecule is Cc1c(/C=C/c2cc(OCCCCCN3CCN4CCN(CC3)CC(=O)[O][Al]([F])[O]C(=O)C4)c(CN3CCCC[C@H]3C(=O)O)cc2C(F)(F)F)cccc1-c1ccccc1. The number of likely N-dealkylation sites (tertiary alicyclic amines) is 1. The second kappa shape index (κ2) is 21.5. The molecule has 16 heteroatoms. The van der Waals surface area contributed by atoms with E-state index in [1.807, 2.05) is 65.3 Å². The summed E-state index contributed by atoms with van der Waals surface area (Å²) in [5.41, 5.74) is 3.12. The fourth-order valence-electron chi connectivity index (χ4n) is 8.10. The summed E-state index contributed by atoms with van der Waals surface area (Å²) in [6.45, 7) is 6.67. The van der Waals surface area contributed by atoms with Crippen LogP contribution in [0, 0.1) is 6.92 Å². The van der Waals surface area contributed by atoms with E-state index in [0.717, 1.165) is 60.5 Å². The number of hydrogen-bond acceptors (Lipinski definition) is 10.